The van der Waals surface area contributed by atoms with Gasteiger partial charge in [0.15, 0.2) is 5.82 Å². The number of nitrogens with one attached hydrogen (secondary N) is 1. The first-order valence-electron chi connectivity index (χ1n) is 9.97. The molecular formula is C21H20F2N8. The summed E-state index contributed by atoms with van der Waals surface area (Å²) < 4.78 is 30.0. The Morgan fingerprint density at radius 3 is 2.71 bits per heavy atom. The minimum absolute atomic E-state index is 0.0868. The maximum Gasteiger partial charge on any atom is 0.229 e. The Balaban J connectivity index is 1.52. The fraction of sp³-hybridized carbons (Fsp3) is 0.238. The van der Waals surface area contributed by atoms with Crippen LogP contribution < -0.4 is 16.0 Å². The molecule has 1 atom stereocenters. The van der Waals surface area contributed by atoms with E-state index in [1.165, 1.54) is 29.0 Å². The van der Waals surface area contributed by atoms with Gasteiger partial charge in [-0.2, -0.15) is 9.61 Å². The highest BCUT2D eigenvalue weighted by Crippen LogP contribution is 2.29. The minimum atomic E-state index is -0.679. The molecule has 1 saturated heterocycles. The number of nitrogens with two attached hydrogens (primary N) is 1. The molecule has 1 unspecified atom stereocenters. The van der Waals surface area contributed by atoms with Crippen LogP contribution in [0, 0.1) is 11.6 Å². The molecule has 31 heavy (non-hydrogen) atoms. The number of nitrogens with zero attached hydrogens (tertiary/aromatic N) is 6. The van der Waals surface area contributed by atoms with Crippen LogP contribution in [0.5, 0.6) is 0 Å². The van der Waals surface area contributed by atoms with E-state index in [1.54, 1.807) is 24.5 Å². The van der Waals surface area contributed by atoms with E-state index in [1.807, 2.05) is 0 Å². The Kier molecular flexibility index (Phi) is 4.91. The molecule has 1 aromatic carbocycles. The van der Waals surface area contributed by atoms with E-state index in [2.05, 4.69) is 30.3 Å². The summed E-state index contributed by atoms with van der Waals surface area (Å²) in [6.07, 6.45) is 6.73. The number of anilines is 3. The molecule has 158 valence electrons. The van der Waals surface area contributed by atoms with Gasteiger partial charge >= 0.3 is 0 Å². The Morgan fingerprint density at radius 2 is 1.90 bits per heavy atom. The lowest BCUT2D eigenvalue weighted by molar-refractivity contribution is 0.503. The zero-order valence-electron chi connectivity index (χ0n) is 16.5. The van der Waals surface area contributed by atoms with Gasteiger partial charge in [-0.1, -0.05) is 6.07 Å². The lowest BCUT2D eigenvalue weighted by Gasteiger charge is -2.32. The van der Waals surface area contributed by atoms with Gasteiger partial charge in [-0.25, -0.2) is 23.7 Å². The van der Waals surface area contributed by atoms with Crippen LogP contribution in [0.15, 0.2) is 49.1 Å². The fourth-order valence-corrected chi connectivity index (χ4v) is 3.83. The number of rotatable bonds is 4. The number of halogens is 2. The van der Waals surface area contributed by atoms with Crippen molar-refractivity contribution in [3.63, 3.8) is 0 Å². The second-order valence-corrected chi connectivity index (χ2v) is 7.47. The third kappa shape index (κ3) is 3.66. The average Bonchev–Trinajstić information content (AvgIpc) is 3.16. The second kappa shape index (κ2) is 7.88. The molecule has 3 N–H and O–H groups in total. The van der Waals surface area contributed by atoms with Gasteiger partial charge in [0, 0.05) is 19.1 Å². The highest BCUT2D eigenvalue weighted by molar-refractivity contribution is 5.71. The third-order valence-corrected chi connectivity index (χ3v) is 5.30. The number of benzene rings is 1. The van der Waals surface area contributed by atoms with Crippen LogP contribution in [0.3, 0.4) is 0 Å². The minimum Gasteiger partial charge on any atom is -0.353 e. The molecule has 0 saturated carbocycles. The summed E-state index contributed by atoms with van der Waals surface area (Å²) in [5.41, 5.74) is 7.42. The molecule has 1 fully saturated rings. The number of aromatic nitrogens is 5. The van der Waals surface area contributed by atoms with Crippen LogP contribution in [0.1, 0.15) is 12.8 Å². The molecule has 4 aromatic rings. The van der Waals surface area contributed by atoms with Gasteiger partial charge in [0.1, 0.15) is 23.6 Å². The average molecular weight is 422 g/mol. The third-order valence-electron chi connectivity index (χ3n) is 5.30. The molecule has 0 spiro atoms. The first-order chi connectivity index (χ1) is 15.1. The Morgan fingerprint density at radius 1 is 1.06 bits per heavy atom. The van der Waals surface area contributed by atoms with Crippen molar-refractivity contribution in [1.29, 1.82) is 0 Å². The van der Waals surface area contributed by atoms with Crippen LogP contribution in [0.4, 0.5) is 26.2 Å². The summed E-state index contributed by atoms with van der Waals surface area (Å²) in [7, 11) is 0. The van der Waals surface area contributed by atoms with Crippen molar-refractivity contribution in [1.82, 2.24) is 24.6 Å². The Labute approximate surface area is 176 Å². The first kappa shape index (κ1) is 19.3. The quantitative estimate of drug-likeness (QED) is 0.521. The van der Waals surface area contributed by atoms with Gasteiger partial charge in [0.25, 0.3) is 0 Å². The number of hydrogen-bond donors (Lipinski definition) is 2. The van der Waals surface area contributed by atoms with Crippen molar-refractivity contribution in [2.45, 2.75) is 18.9 Å². The molecule has 3 aromatic heterocycles. The van der Waals surface area contributed by atoms with Gasteiger partial charge in [0.05, 0.1) is 29.2 Å². The summed E-state index contributed by atoms with van der Waals surface area (Å²) in [5.74, 6) is -0.257. The van der Waals surface area contributed by atoms with E-state index in [-0.39, 0.29) is 17.3 Å². The smallest absolute Gasteiger partial charge is 0.229 e. The first-order valence-corrected chi connectivity index (χ1v) is 9.97. The van der Waals surface area contributed by atoms with Crippen molar-refractivity contribution in [2.24, 2.45) is 5.73 Å². The molecule has 1 aliphatic heterocycles. The molecule has 0 radical (unpaired) electrons. The van der Waals surface area contributed by atoms with Gasteiger partial charge < -0.3 is 16.0 Å². The summed E-state index contributed by atoms with van der Waals surface area (Å²) >= 11 is 0. The number of hydrogen-bond acceptors (Lipinski definition) is 7. The maximum absolute atomic E-state index is 14.2. The van der Waals surface area contributed by atoms with Crippen molar-refractivity contribution in [2.75, 3.05) is 23.3 Å². The monoisotopic (exact) mass is 422 g/mol. The maximum atomic E-state index is 14.2. The molecule has 0 aliphatic carbocycles. The van der Waals surface area contributed by atoms with Gasteiger partial charge in [-0.05, 0) is 37.1 Å². The number of imidazole rings is 1. The molecular weight excluding hydrogens is 402 g/mol. The van der Waals surface area contributed by atoms with E-state index >= 15 is 0 Å². The van der Waals surface area contributed by atoms with Crippen LogP contribution in [-0.4, -0.2) is 43.7 Å². The highest BCUT2D eigenvalue weighted by atomic mass is 19.1. The predicted octanol–water partition coefficient (Wildman–Crippen LogP) is 3.14. The van der Waals surface area contributed by atoms with E-state index in [4.69, 9.17) is 5.73 Å². The molecule has 8 nitrogen and oxygen atoms in total. The van der Waals surface area contributed by atoms with Crippen molar-refractivity contribution >= 4 is 23.0 Å². The van der Waals surface area contributed by atoms with Gasteiger partial charge in [-0.3, -0.25) is 0 Å². The Bertz CT molecular complexity index is 1220. The summed E-state index contributed by atoms with van der Waals surface area (Å²) in [6.45, 7) is 1.54. The largest absolute Gasteiger partial charge is 0.353 e. The Hall–Kier alpha value is -3.66. The van der Waals surface area contributed by atoms with Crippen LogP contribution >= 0.6 is 0 Å². The van der Waals surface area contributed by atoms with E-state index in [9.17, 15) is 8.78 Å². The predicted molar refractivity (Wildman–Crippen MR) is 113 cm³/mol. The molecule has 4 heterocycles. The van der Waals surface area contributed by atoms with Gasteiger partial charge in [0.2, 0.25) is 5.95 Å². The molecule has 0 bridgehead atoms. The zero-order chi connectivity index (χ0) is 21.4. The van der Waals surface area contributed by atoms with E-state index in [0.29, 0.717) is 23.7 Å². The second-order valence-electron chi connectivity index (χ2n) is 7.47. The van der Waals surface area contributed by atoms with E-state index in [0.717, 1.165) is 25.2 Å². The zero-order valence-corrected chi connectivity index (χ0v) is 16.5. The summed E-state index contributed by atoms with van der Waals surface area (Å²) in [6, 6.07) is 7.08. The van der Waals surface area contributed by atoms with Crippen molar-refractivity contribution < 1.29 is 8.78 Å². The van der Waals surface area contributed by atoms with E-state index < -0.39 is 11.6 Å². The lowest BCUT2D eigenvalue weighted by atomic mass is 10.1. The SMILES string of the molecule is NC1CCCN(c2ncncc2Nc2ncc3ccc(-c4c(F)cccc4F)nn23)C1. The van der Waals surface area contributed by atoms with Crippen molar-refractivity contribution in [3.8, 4) is 11.3 Å². The molecule has 5 rings (SSSR count). The van der Waals surface area contributed by atoms with Crippen LogP contribution in [0.25, 0.3) is 16.8 Å². The highest BCUT2D eigenvalue weighted by Gasteiger charge is 2.21. The number of fused-ring (bicyclic) bond motifs is 1. The topological polar surface area (TPSA) is 97.3 Å². The normalized spacial score (nSPS) is 16.6. The summed E-state index contributed by atoms with van der Waals surface area (Å²) in [5, 5.41) is 7.62. The standard InChI is InChI=1S/C21H20F2N8/c22-15-4-1-5-16(23)19(15)17-7-6-14-9-26-21(31(14)29-17)28-18-10-25-12-27-20(18)30-8-2-3-13(24)11-30/h1,4-7,9-10,12-13H,2-3,8,11,24H2,(H,26,28). The molecule has 0 amide bonds. The lowest BCUT2D eigenvalue weighted by Crippen LogP contribution is -2.43. The summed E-state index contributed by atoms with van der Waals surface area (Å²) in [4.78, 5) is 15.0. The van der Waals surface area contributed by atoms with Crippen LogP contribution in [0.2, 0.25) is 0 Å². The molecule has 10 heteroatoms. The molecule has 1 aliphatic rings. The fourth-order valence-electron chi connectivity index (χ4n) is 3.83. The van der Waals surface area contributed by atoms with Crippen LogP contribution in [-0.2, 0) is 0 Å². The number of piperidine rings is 1. The van der Waals surface area contributed by atoms with Crippen molar-refractivity contribution in [3.05, 3.63) is 60.7 Å². The van der Waals surface area contributed by atoms with Gasteiger partial charge in [-0.15, -0.1) is 0 Å².